The highest BCUT2D eigenvalue weighted by atomic mass is 33.3. The monoisotopic (exact) mass is 314 g/mol. The fourth-order valence-electron chi connectivity index (χ4n) is 1.91. The molecule has 0 aromatic heterocycles. The van der Waals surface area contributed by atoms with Gasteiger partial charge in [0.05, 0.1) is 0 Å². The van der Waals surface area contributed by atoms with E-state index in [0.717, 1.165) is 14.2 Å². The first kappa shape index (κ1) is 15.2. The molecule has 104 valence electrons. The zero-order valence-electron chi connectivity index (χ0n) is 11.4. The third-order valence-electron chi connectivity index (χ3n) is 3.40. The number of carbonyl (C=O) groups is 1. The molecule has 3 atom stereocenters. The molecule has 0 N–H and O–H groups in total. The predicted octanol–water partition coefficient (Wildman–Crippen LogP) is 4.98. The molecule has 19 heavy (non-hydrogen) atoms. The van der Waals surface area contributed by atoms with Crippen LogP contribution in [0.1, 0.15) is 39.2 Å². The summed E-state index contributed by atoms with van der Waals surface area (Å²) in [5.74, 6) is 0.503. The van der Waals surface area contributed by atoms with Gasteiger partial charge in [-0.25, -0.2) is 0 Å². The molecule has 5 heteroatoms. The van der Waals surface area contributed by atoms with Crippen LogP contribution in [0.2, 0.25) is 0 Å². The highest BCUT2D eigenvalue weighted by Crippen LogP contribution is 2.67. The van der Waals surface area contributed by atoms with Gasteiger partial charge in [-0.05, 0) is 38.8 Å². The summed E-state index contributed by atoms with van der Waals surface area (Å²) in [6, 6.07) is 8.03. The van der Waals surface area contributed by atoms with E-state index in [1.165, 1.54) is 5.56 Å². The normalized spacial score (nSPS) is 27.6. The molecule has 0 aliphatic carbocycles. The Balaban J connectivity index is 2.08. The molecule has 0 amide bonds. The Morgan fingerprint density at radius 1 is 1.42 bits per heavy atom. The van der Waals surface area contributed by atoms with Crippen molar-refractivity contribution in [3.63, 3.8) is 0 Å². The lowest BCUT2D eigenvalue weighted by Gasteiger charge is -2.27. The average molecular weight is 314 g/mol. The van der Waals surface area contributed by atoms with Crippen molar-refractivity contribution in [1.29, 1.82) is 0 Å². The topological polar surface area (TPSA) is 26.3 Å². The second-order valence-electron chi connectivity index (χ2n) is 4.87. The minimum Gasteiger partial charge on any atom is -0.427 e. The van der Waals surface area contributed by atoms with Gasteiger partial charge in [0.25, 0.3) is 0 Å². The van der Waals surface area contributed by atoms with Crippen molar-refractivity contribution in [3.05, 3.63) is 29.8 Å². The molecule has 0 bridgehead atoms. The Morgan fingerprint density at radius 2 is 2.11 bits per heavy atom. The van der Waals surface area contributed by atoms with Crippen LogP contribution in [0.5, 0.6) is 5.75 Å². The van der Waals surface area contributed by atoms with Crippen LogP contribution < -0.4 is 4.74 Å². The number of ether oxygens (including phenoxy) is 1. The van der Waals surface area contributed by atoms with E-state index in [1.807, 2.05) is 40.3 Å². The molecule has 2 rings (SSSR count). The fraction of sp³-hybridized carbons (Fsp3) is 0.500. The third kappa shape index (κ3) is 3.48. The zero-order valence-corrected chi connectivity index (χ0v) is 14.1. The fourth-order valence-corrected chi connectivity index (χ4v) is 9.74. The predicted molar refractivity (Wildman–Crippen MR) is 87.3 cm³/mol. The zero-order chi connectivity index (χ0) is 13.9. The maximum atomic E-state index is 11.4. The summed E-state index contributed by atoms with van der Waals surface area (Å²) < 4.78 is 5.29. The van der Waals surface area contributed by atoms with Crippen molar-refractivity contribution in [2.24, 2.45) is 0 Å². The summed E-state index contributed by atoms with van der Waals surface area (Å²) in [5.41, 5.74) is 1.34. The molecule has 3 unspecified atom stereocenters. The Kier molecular flexibility index (Phi) is 5.22. The van der Waals surface area contributed by atoms with Gasteiger partial charge in [0, 0.05) is 16.8 Å². The first-order valence-electron chi connectivity index (χ1n) is 6.47. The van der Waals surface area contributed by atoms with Crippen LogP contribution in [0.3, 0.4) is 0 Å². The maximum Gasteiger partial charge on any atom is 0.311 e. The van der Waals surface area contributed by atoms with E-state index >= 15 is 0 Å². The van der Waals surface area contributed by atoms with Crippen LogP contribution in [0.4, 0.5) is 0 Å². The lowest BCUT2D eigenvalue weighted by atomic mass is 9.97. The van der Waals surface area contributed by atoms with E-state index in [9.17, 15) is 4.79 Å². The molecule has 1 aromatic carbocycles. The van der Waals surface area contributed by atoms with Crippen molar-refractivity contribution >= 4 is 35.0 Å². The summed E-state index contributed by atoms with van der Waals surface area (Å²) in [4.78, 5) is 11.4. The molecule has 1 saturated heterocycles. The Bertz CT molecular complexity index is 449. The Hall–Kier alpha value is -0.180. The van der Waals surface area contributed by atoms with Crippen LogP contribution >= 0.6 is 29.0 Å². The van der Waals surface area contributed by atoms with Crippen molar-refractivity contribution in [3.8, 4) is 5.75 Å². The highest BCUT2D eigenvalue weighted by Gasteiger charge is 2.39. The van der Waals surface area contributed by atoms with Crippen molar-refractivity contribution in [1.82, 2.24) is 0 Å². The van der Waals surface area contributed by atoms with Crippen LogP contribution in [0, 0.1) is 0 Å². The summed E-state index contributed by atoms with van der Waals surface area (Å²) in [6.07, 6.45) is 1.30. The molecular weight excluding hydrogens is 295 g/mol. The Labute approximate surface area is 124 Å². The largest absolute Gasteiger partial charge is 0.427 e. The molecule has 2 nitrogen and oxygen atoms in total. The van der Waals surface area contributed by atoms with Crippen LogP contribution in [0.25, 0.3) is 0 Å². The van der Waals surface area contributed by atoms with Gasteiger partial charge in [0.15, 0.2) is 0 Å². The van der Waals surface area contributed by atoms with E-state index in [0.29, 0.717) is 17.4 Å². The van der Waals surface area contributed by atoms with Crippen LogP contribution in [-0.2, 0) is 9.95 Å². The van der Waals surface area contributed by atoms with Gasteiger partial charge in [0.2, 0.25) is 0 Å². The van der Waals surface area contributed by atoms with Crippen molar-refractivity contribution < 1.29 is 9.53 Å². The number of rotatable bonds is 4. The molecular formula is C14H19O2PS2. The summed E-state index contributed by atoms with van der Waals surface area (Å²) in [7, 11) is 4.80. The Morgan fingerprint density at radius 3 is 2.63 bits per heavy atom. The summed E-state index contributed by atoms with van der Waals surface area (Å²) in [6.45, 7) is 6.58. The molecule has 0 spiro atoms. The summed E-state index contributed by atoms with van der Waals surface area (Å²) >= 11 is 0. The minimum atomic E-state index is -0.149. The number of benzene rings is 1. The molecule has 1 aromatic rings. The smallest absolute Gasteiger partial charge is 0.311 e. The quantitative estimate of drug-likeness (QED) is 0.339. The summed E-state index contributed by atoms with van der Waals surface area (Å²) in [5, 5.41) is 0.853. The van der Waals surface area contributed by atoms with Crippen LogP contribution in [-0.4, -0.2) is 11.2 Å². The van der Waals surface area contributed by atoms with Gasteiger partial charge in [-0.3, -0.25) is 4.79 Å². The molecule has 1 heterocycles. The van der Waals surface area contributed by atoms with E-state index < -0.39 is 0 Å². The lowest BCUT2D eigenvalue weighted by molar-refractivity contribution is -0.134. The second-order valence-corrected chi connectivity index (χ2v) is 10.4. The molecule has 0 saturated carbocycles. The molecule has 1 aliphatic heterocycles. The standard InChI is InChI=1S/C14H19O2PS2/c1-4-5-13(15)16-12-8-6-11(7-9-12)14(3)10(2)18-19-17-14/h6-10,17H,4-5H2,1-3H3. The first-order valence-corrected chi connectivity index (χ1v) is 10.4. The van der Waals surface area contributed by atoms with Gasteiger partial charge in [-0.15, -0.1) is 0 Å². The molecule has 1 fully saturated rings. The van der Waals surface area contributed by atoms with E-state index in [4.69, 9.17) is 4.74 Å². The number of hydrogen-bond donors (Lipinski definition) is 0. The van der Waals surface area contributed by atoms with Gasteiger partial charge < -0.3 is 4.74 Å². The number of hydrogen-bond acceptors (Lipinski definition) is 4. The van der Waals surface area contributed by atoms with E-state index in [-0.39, 0.29) is 11.1 Å². The van der Waals surface area contributed by atoms with Crippen molar-refractivity contribution in [2.75, 3.05) is 0 Å². The molecule has 0 radical (unpaired) electrons. The number of esters is 1. The van der Waals surface area contributed by atoms with Crippen LogP contribution in [0.15, 0.2) is 24.3 Å². The van der Waals surface area contributed by atoms with Gasteiger partial charge >= 0.3 is 5.97 Å². The van der Waals surface area contributed by atoms with E-state index in [1.54, 1.807) is 0 Å². The van der Waals surface area contributed by atoms with Gasteiger partial charge in [-0.2, -0.15) is 0 Å². The van der Waals surface area contributed by atoms with E-state index in [2.05, 4.69) is 26.0 Å². The lowest BCUT2D eigenvalue weighted by Crippen LogP contribution is -2.23. The first-order chi connectivity index (χ1) is 9.06. The van der Waals surface area contributed by atoms with Crippen molar-refractivity contribution in [2.45, 2.75) is 44.0 Å². The minimum absolute atomic E-state index is 0.149. The number of carbonyl (C=O) groups excluding carboxylic acids is 1. The third-order valence-corrected chi connectivity index (χ3v) is 9.99. The SMILES string of the molecule is CCCC(=O)Oc1ccc(C2(C)PSSC2C)cc1. The average Bonchev–Trinajstić information content (AvgIpc) is 2.72. The maximum absolute atomic E-state index is 11.4. The van der Waals surface area contributed by atoms with Gasteiger partial charge in [0.1, 0.15) is 5.75 Å². The highest BCUT2D eigenvalue weighted by molar-refractivity contribution is 8.97. The molecule has 1 aliphatic rings. The second kappa shape index (κ2) is 6.51. The van der Waals surface area contributed by atoms with Gasteiger partial charge in [-0.1, -0.05) is 47.2 Å².